The minimum absolute atomic E-state index is 0. The lowest BCUT2D eigenvalue weighted by Crippen LogP contribution is -2.38. The number of hydrogen-bond donors (Lipinski definition) is 2. The van der Waals surface area contributed by atoms with Crippen LogP contribution < -0.4 is 11.1 Å². The van der Waals surface area contributed by atoms with Gasteiger partial charge in [0.1, 0.15) is 0 Å². The molecule has 1 fully saturated rings. The molecule has 0 saturated heterocycles. The molecule has 22 heavy (non-hydrogen) atoms. The van der Waals surface area contributed by atoms with E-state index in [1.165, 1.54) is 30.6 Å². The zero-order valence-corrected chi connectivity index (χ0v) is 14.8. The van der Waals surface area contributed by atoms with Crippen LogP contribution in [0.3, 0.4) is 0 Å². The minimum Gasteiger partial charge on any atom is -0.355 e. The number of rotatable bonds is 7. The van der Waals surface area contributed by atoms with Crippen LogP contribution in [0.4, 0.5) is 0 Å². The van der Waals surface area contributed by atoms with Gasteiger partial charge in [-0.3, -0.25) is 4.79 Å². The molecule has 3 nitrogen and oxygen atoms in total. The fourth-order valence-corrected chi connectivity index (χ4v) is 4.21. The number of thioether (sulfide) groups is 1. The highest BCUT2D eigenvalue weighted by atomic mass is 35.5. The Morgan fingerprint density at radius 2 is 1.95 bits per heavy atom. The van der Waals surface area contributed by atoms with Crippen LogP contribution in [0.25, 0.3) is 0 Å². The van der Waals surface area contributed by atoms with Crippen LogP contribution >= 0.6 is 24.2 Å². The average Bonchev–Trinajstić information content (AvgIpc) is 2.93. The van der Waals surface area contributed by atoms with Crippen LogP contribution in [-0.4, -0.2) is 23.2 Å². The first-order valence-corrected chi connectivity index (χ1v) is 8.68. The molecule has 0 heterocycles. The van der Waals surface area contributed by atoms with E-state index in [0.717, 1.165) is 13.0 Å². The summed E-state index contributed by atoms with van der Waals surface area (Å²) in [4.78, 5) is 13.2. The maximum absolute atomic E-state index is 11.9. The van der Waals surface area contributed by atoms with Crippen molar-refractivity contribution in [1.29, 1.82) is 0 Å². The Balaban J connectivity index is 0.00000242. The number of amides is 1. The van der Waals surface area contributed by atoms with E-state index >= 15 is 0 Å². The minimum atomic E-state index is 0. The summed E-state index contributed by atoms with van der Waals surface area (Å²) < 4.78 is 0.172. The lowest BCUT2D eigenvalue weighted by molar-refractivity contribution is -0.121. The second-order valence-electron chi connectivity index (χ2n) is 6.10. The number of nitrogens with one attached hydrogen (secondary N) is 1. The Kier molecular flexibility index (Phi) is 8.29. The SMILES string of the molecule is CC(N)CCC(=O)NCC1(Sc2ccccc2)CCCC1.Cl. The summed E-state index contributed by atoms with van der Waals surface area (Å²) in [5.41, 5.74) is 5.70. The smallest absolute Gasteiger partial charge is 0.220 e. The van der Waals surface area contributed by atoms with Gasteiger partial charge in [0.05, 0.1) is 0 Å². The van der Waals surface area contributed by atoms with Crippen molar-refractivity contribution < 1.29 is 4.79 Å². The molecule has 124 valence electrons. The van der Waals surface area contributed by atoms with E-state index in [1.807, 2.05) is 24.8 Å². The molecule has 1 aliphatic carbocycles. The van der Waals surface area contributed by atoms with Gasteiger partial charge in [-0.05, 0) is 38.3 Å². The van der Waals surface area contributed by atoms with Crippen LogP contribution in [0.2, 0.25) is 0 Å². The monoisotopic (exact) mass is 342 g/mol. The van der Waals surface area contributed by atoms with Gasteiger partial charge in [-0.15, -0.1) is 24.2 Å². The first-order valence-electron chi connectivity index (χ1n) is 7.86. The molecule has 0 radical (unpaired) electrons. The molecule has 2 rings (SSSR count). The highest BCUT2D eigenvalue weighted by Gasteiger charge is 2.35. The normalized spacial score (nSPS) is 17.5. The number of carbonyl (C=O) groups is 1. The third-order valence-electron chi connectivity index (χ3n) is 4.03. The number of benzene rings is 1. The van der Waals surface area contributed by atoms with Gasteiger partial charge in [-0.25, -0.2) is 0 Å². The van der Waals surface area contributed by atoms with Crippen LogP contribution in [0.1, 0.15) is 45.4 Å². The van der Waals surface area contributed by atoms with Gasteiger partial charge in [-0.2, -0.15) is 0 Å². The van der Waals surface area contributed by atoms with Gasteiger partial charge < -0.3 is 11.1 Å². The topological polar surface area (TPSA) is 55.1 Å². The van der Waals surface area contributed by atoms with E-state index < -0.39 is 0 Å². The number of nitrogens with two attached hydrogens (primary N) is 1. The van der Waals surface area contributed by atoms with Gasteiger partial charge in [-0.1, -0.05) is 31.0 Å². The van der Waals surface area contributed by atoms with Gasteiger partial charge >= 0.3 is 0 Å². The summed E-state index contributed by atoms with van der Waals surface area (Å²) in [5, 5.41) is 3.13. The molecular weight excluding hydrogens is 316 g/mol. The molecule has 0 spiro atoms. The maximum atomic E-state index is 11.9. The highest BCUT2D eigenvalue weighted by Crippen LogP contribution is 2.44. The van der Waals surface area contributed by atoms with Gasteiger partial charge in [0.2, 0.25) is 5.91 Å². The third-order valence-corrected chi connectivity index (χ3v) is 5.52. The number of hydrogen-bond acceptors (Lipinski definition) is 3. The molecule has 1 unspecified atom stereocenters. The molecule has 1 aromatic rings. The van der Waals surface area contributed by atoms with Crippen molar-refractivity contribution in [3.63, 3.8) is 0 Å². The highest BCUT2D eigenvalue weighted by molar-refractivity contribution is 8.00. The van der Waals surface area contributed by atoms with Crippen molar-refractivity contribution in [2.45, 2.75) is 61.1 Å². The third kappa shape index (κ3) is 6.19. The summed E-state index contributed by atoms with van der Waals surface area (Å²) in [6.07, 6.45) is 6.17. The van der Waals surface area contributed by atoms with E-state index in [-0.39, 0.29) is 29.1 Å². The fraction of sp³-hybridized carbons (Fsp3) is 0.588. The molecule has 0 aliphatic heterocycles. The van der Waals surface area contributed by atoms with Crippen molar-refractivity contribution >= 4 is 30.1 Å². The van der Waals surface area contributed by atoms with Crippen LogP contribution in [-0.2, 0) is 4.79 Å². The first-order chi connectivity index (χ1) is 10.1. The summed E-state index contributed by atoms with van der Waals surface area (Å²) in [7, 11) is 0. The van der Waals surface area contributed by atoms with Gasteiger partial charge in [0, 0.05) is 28.6 Å². The van der Waals surface area contributed by atoms with Crippen LogP contribution in [0.5, 0.6) is 0 Å². The summed E-state index contributed by atoms with van der Waals surface area (Å²) in [6.45, 7) is 2.71. The maximum Gasteiger partial charge on any atom is 0.220 e. The van der Waals surface area contributed by atoms with Gasteiger partial charge in [0.15, 0.2) is 0 Å². The van der Waals surface area contributed by atoms with E-state index in [4.69, 9.17) is 5.73 Å². The molecule has 0 aromatic heterocycles. The molecular formula is C17H27ClN2OS. The molecule has 1 amide bonds. The first kappa shape index (κ1) is 19.3. The lowest BCUT2D eigenvalue weighted by Gasteiger charge is -2.28. The van der Waals surface area contributed by atoms with Crippen molar-refractivity contribution in [1.82, 2.24) is 5.32 Å². The zero-order chi connectivity index (χ0) is 15.1. The van der Waals surface area contributed by atoms with Crippen molar-refractivity contribution in [3.8, 4) is 0 Å². The van der Waals surface area contributed by atoms with E-state index in [2.05, 4.69) is 29.6 Å². The Morgan fingerprint density at radius 1 is 1.32 bits per heavy atom. The van der Waals surface area contributed by atoms with E-state index in [9.17, 15) is 4.79 Å². The molecule has 1 atom stereocenters. The second kappa shape index (κ2) is 9.43. The molecule has 1 aliphatic rings. The van der Waals surface area contributed by atoms with E-state index in [0.29, 0.717) is 6.42 Å². The van der Waals surface area contributed by atoms with Crippen molar-refractivity contribution in [2.75, 3.05) is 6.54 Å². The molecule has 1 aromatic carbocycles. The average molecular weight is 343 g/mol. The second-order valence-corrected chi connectivity index (χ2v) is 7.64. The molecule has 1 saturated carbocycles. The Hall–Kier alpha value is -0.710. The molecule has 3 N–H and O–H groups in total. The largest absolute Gasteiger partial charge is 0.355 e. The van der Waals surface area contributed by atoms with Crippen LogP contribution in [0.15, 0.2) is 35.2 Å². The predicted molar refractivity (Wildman–Crippen MR) is 96.6 cm³/mol. The van der Waals surface area contributed by atoms with E-state index in [1.54, 1.807) is 0 Å². The Labute approximate surface area is 144 Å². The summed E-state index contributed by atoms with van der Waals surface area (Å²) >= 11 is 1.93. The summed E-state index contributed by atoms with van der Waals surface area (Å²) in [6, 6.07) is 10.6. The quantitative estimate of drug-likeness (QED) is 0.793. The van der Waals surface area contributed by atoms with Crippen LogP contribution in [0, 0.1) is 0 Å². The van der Waals surface area contributed by atoms with Crippen molar-refractivity contribution in [2.24, 2.45) is 5.73 Å². The standard InChI is InChI=1S/C17H26N2OS.ClH/c1-14(18)9-10-16(20)19-13-17(11-5-6-12-17)21-15-7-3-2-4-8-15;/h2-4,7-8,14H,5-6,9-13,18H2,1H3,(H,19,20);1H. The molecule has 0 bridgehead atoms. The predicted octanol–water partition coefficient (Wildman–Crippen LogP) is 3.76. The zero-order valence-electron chi connectivity index (χ0n) is 13.2. The molecule has 5 heteroatoms. The van der Waals surface area contributed by atoms with Crippen molar-refractivity contribution in [3.05, 3.63) is 30.3 Å². The Morgan fingerprint density at radius 3 is 2.55 bits per heavy atom. The Bertz CT molecular complexity index is 447. The number of carbonyl (C=O) groups excluding carboxylic acids is 1. The summed E-state index contributed by atoms with van der Waals surface area (Å²) in [5.74, 6) is 0.132. The van der Waals surface area contributed by atoms with Gasteiger partial charge in [0.25, 0.3) is 0 Å². The fourth-order valence-electron chi connectivity index (χ4n) is 2.78. The number of halogens is 1. The lowest BCUT2D eigenvalue weighted by atomic mass is 10.1.